The van der Waals surface area contributed by atoms with Crippen molar-refractivity contribution in [3.63, 3.8) is 0 Å². The number of nitrogens with zero attached hydrogens (tertiary/aromatic N) is 4. The summed E-state index contributed by atoms with van der Waals surface area (Å²) < 4.78 is 33.5. The second-order valence-electron chi connectivity index (χ2n) is 8.45. The highest BCUT2D eigenvalue weighted by Gasteiger charge is 2.31. The van der Waals surface area contributed by atoms with Crippen LogP contribution >= 0.6 is 11.8 Å². The largest absolute Gasteiger partial charge is 0.411 e. The third-order valence-electron chi connectivity index (χ3n) is 6.30. The average Bonchev–Trinajstić information content (AvgIpc) is 3.37. The molecule has 0 spiro atoms. The van der Waals surface area contributed by atoms with Gasteiger partial charge in [0.15, 0.2) is 0 Å². The maximum Gasteiger partial charge on any atom is 0.277 e. The molecule has 1 aromatic heterocycles. The van der Waals surface area contributed by atoms with E-state index in [1.165, 1.54) is 21.6 Å². The molecule has 5 rings (SSSR count). The molecule has 2 aromatic carbocycles. The summed E-state index contributed by atoms with van der Waals surface area (Å²) in [5.41, 5.74) is 3.23. The zero-order valence-electron chi connectivity index (χ0n) is 18.7. The Balaban J connectivity index is 1.15. The van der Waals surface area contributed by atoms with Crippen molar-refractivity contribution in [1.82, 2.24) is 19.4 Å². The number of fused-ring (bicyclic) bond motifs is 1. The summed E-state index contributed by atoms with van der Waals surface area (Å²) in [6.45, 7) is 1.30. The van der Waals surface area contributed by atoms with E-state index in [0.717, 1.165) is 36.8 Å². The smallest absolute Gasteiger partial charge is 0.277 e. The second kappa shape index (κ2) is 9.89. The van der Waals surface area contributed by atoms with E-state index in [4.69, 9.17) is 4.42 Å². The van der Waals surface area contributed by atoms with Gasteiger partial charge in [-0.2, -0.15) is 4.31 Å². The molecule has 1 aliphatic heterocycles. The maximum absolute atomic E-state index is 13.2. The van der Waals surface area contributed by atoms with Crippen LogP contribution in [-0.2, 0) is 27.7 Å². The van der Waals surface area contributed by atoms with Crippen LogP contribution in [0.5, 0.6) is 0 Å². The second-order valence-corrected chi connectivity index (χ2v) is 11.3. The van der Waals surface area contributed by atoms with E-state index in [-0.39, 0.29) is 24.7 Å². The van der Waals surface area contributed by atoms with Gasteiger partial charge in [0.05, 0.1) is 10.6 Å². The lowest BCUT2D eigenvalue weighted by Gasteiger charge is -2.34. The van der Waals surface area contributed by atoms with Gasteiger partial charge >= 0.3 is 0 Å². The topological polar surface area (TPSA) is 96.6 Å². The maximum atomic E-state index is 13.2. The van der Waals surface area contributed by atoms with Crippen LogP contribution in [0.1, 0.15) is 24.0 Å². The minimum absolute atomic E-state index is 0.0738. The van der Waals surface area contributed by atoms with Crippen molar-refractivity contribution in [2.45, 2.75) is 35.8 Å². The fourth-order valence-electron chi connectivity index (χ4n) is 4.38. The van der Waals surface area contributed by atoms with Gasteiger partial charge in [0, 0.05) is 31.7 Å². The molecule has 34 heavy (non-hydrogen) atoms. The summed E-state index contributed by atoms with van der Waals surface area (Å²) in [7, 11) is -3.57. The van der Waals surface area contributed by atoms with Gasteiger partial charge in [-0.3, -0.25) is 4.79 Å². The molecule has 10 heteroatoms. The first-order chi connectivity index (χ1) is 16.5. The number of carbonyl (C=O) groups excluding carboxylic acids is 1. The molecule has 0 bridgehead atoms. The highest BCUT2D eigenvalue weighted by atomic mass is 32.2. The predicted molar refractivity (Wildman–Crippen MR) is 129 cm³/mol. The molecule has 0 saturated carbocycles. The van der Waals surface area contributed by atoms with Crippen LogP contribution in [0.3, 0.4) is 0 Å². The molecule has 2 heterocycles. The summed E-state index contributed by atoms with van der Waals surface area (Å²) in [6, 6.07) is 15.0. The Morgan fingerprint density at radius 1 is 0.941 bits per heavy atom. The minimum atomic E-state index is -3.57. The molecule has 1 amide bonds. The van der Waals surface area contributed by atoms with Gasteiger partial charge in [0.2, 0.25) is 21.8 Å². The van der Waals surface area contributed by atoms with Crippen molar-refractivity contribution < 1.29 is 17.6 Å². The van der Waals surface area contributed by atoms with Crippen LogP contribution in [0.25, 0.3) is 11.5 Å². The predicted octanol–water partition coefficient (Wildman–Crippen LogP) is 3.24. The number of aryl methyl sites for hydroxylation is 2. The van der Waals surface area contributed by atoms with Gasteiger partial charge < -0.3 is 9.32 Å². The Kier molecular flexibility index (Phi) is 6.71. The molecule has 3 aromatic rings. The molecule has 178 valence electrons. The number of rotatable bonds is 6. The number of amides is 1. The van der Waals surface area contributed by atoms with Gasteiger partial charge in [-0.15, -0.1) is 10.2 Å². The number of piperazine rings is 1. The first kappa shape index (κ1) is 23.1. The lowest BCUT2D eigenvalue weighted by atomic mass is 9.92. The van der Waals surface area contributed by atoms with Crippen LogP contribution < -0.4 is 0 Å². The molecule has 1 saturated heterocycles. The van der Waals surface area contributed by atoms with E-state index in [1.54, 1.807) is 11.0 Å². The Hall–Kier alpha value is -2.69. The SMILES string of the molecule is O=C(CSc1nnc(-c2ccccc2)o1)N1CCN(S(=O)(=O)c2ccc3c(c2)CCCC3)CC1. The minimum Gasteiger partial charge on any atom is -0.411 e. The number of benzene rings is 2. The number of thioether (sulfide) groups is 1. The van der Waals surface area contributed by atoms with Crippen molar-refractivity contribution in [1.29, 1.82) is 0 Å². The van der Waals surface area contributed by atoms with Crippen LogP contribution in [0, 0.1) is 0 Å². The fourth-order valence-corrected chi connectivity index (χ4v) is 6.52. The number of sulfonamides is 1. The first-order valence-electron chi connectivity index (χ1n) is 11.4. The van der Waals surface area contributed by atoms with Gasteiger partial charge in [0.1, 0.15) is 0 Å². The third kappa shape index (κ3) is 4.89. The lowest BCUT2D eigenvalue weighted by molar-refractivity contribution is -0.129. The molecular weight excluding hydrogens is 472 g/mol. The van der Waals surface area contributed by atoms with E-state index < -0.39 is 10.0 Å². The van der Waals surface area contributed by atoms with Gasteiger partial charge in [-0.05, 0) is 61.1 Å². The van der Waals surface area contributed by atoms with E-state index in [0.29, 0.717) is 29.1 Å². The fraction of sp³-hybridized carbons (Fsp3) is 0.375. The standard InChI is InChI=1S/C24H26N4O4S2/c29-22(17-33-24-26-25-23(32-24)19-7-2-1-3-8-19)27-12-14-28(15-13-27)34(30,31)21-11-10-18-6-4-5-9-20(18)16-21/h1-3,7-8,10-11,16H,4-6,9,12-15,17H2. The quantitative estimate of drug-likeness (QED) is 0.481. The van der Waals surface area contributed by atoms with E-state index in [1.807, 2.05) is 42.5 Å². The molecule has 1 fully saturated rings. The molecule has 0 atom stereocenters. The Bertz CT molecular complexity index is 1270. The van der Waals surface area contributed by atoms with E-state index >= 15 is 0 Å². The normalized spacial score (nSPS) is 16.9. The molecule has 0 radical (unpaired) electrons. The Labute approximate surface area is 203 Å². The molecule has 0 unspecified atom stereocenters. The Morgan fingerprint density at radius 2 is 1.68 bits per heavy atom. The summed E-state index contributed by atoms with van der Waals surface area (Å²) in [4.78, 5) is 14.7. The number of carbonyl (C=O) groups is 1. The van der Waals surface area contributed by atoms with Gasteiger partial charge in [0.25, 0.3) is 5.22 Å². The monoisotopic (exact) mass is 498 g/mol. The van der Waals surface area contributed by atoms with Crippen LogP contribution in [0.15, 0.2) is 63.1 Å². The van der Waals surface area contributed by atoms with Crippen molar-refractivity contribution in [2.75, 3.05) is 31.9 Å². The summed E-state index contributed by atoms with van der Waals surface area (Å²) >= 11 is 1.19. The van der Waals surface area contributed by atoms with Crippen molar-refractivity contribution in [3.8, 4) is 11.5 Å². The van der Waals surface area contributed by atoms with Crippen LogP contribution in [0.4, 0.5) is 0 Å². The molecule has 2 aliphatic rings. The van der Waals surface area contributed by atoms with Crippen LogP contribution in [-0.4, -0.2) is 65.7 Å². The molecular formula is C24H26N4O4S2. The number of hydrogen-bond donors (Lipinski definition) is 0. The third-order valence-corrected chi connectivity index (χ3v) is 8.99. The highest BCUT2D eigenvalue weighted by molar-refractivity contribution is 7.99. The van der Waals surface area contributed by atoms with Crippen molar-refractivity contribution in [3.05, 3.63) is 59.7 Å². The highest BCUT2D eigenvalue weighted by Crippen LogP contribution is 2.27. The van der Waals surface area contributed by atoms with E-state index in [2.05, 4.69) is 10.2 Å². The Morgan fingerprint density at radius 3 is 2.44 bits per heavy atom. The van der Waals surface area contributed by atoms with Crippen LogP contribution in [0.2, 0.25) is 0 Å². The molecule has 0 N–H and O–H groups in total. The number of hydrogen-bond acceptors (Lipinski definition) is 7. The summed E-state index contributed by atoms with van der Waals surface area (Å²) in [6.07, 6.45) is 4.22. The lowest BCUT2D eigenvalue weighted by Crippen LogP contribution is -2.51. The zero-order chi connectivity index (χ0) is 23.5. The number of aromatic nitrogens is 2. The first-order valence-corrected chi connectivity index (χ1v) is 13.8. The van der Waals surface area contributed by atoms with E-state index in [9.17, 15) is 13.2 Å². The van der Waals surface area contributed by atoms with Gasteiger partial charge in [-0.25, -0.2) is 8.42 Å². The zero-order valence-corrected chi connectivity index (χ0v) is 20.4. The molecule has 1 aliphatic carbocycles. The van der Waals surface area contributed by atoms with Crippen molar-refractivity contribution >= 4 is 27.7 Å². The summed E-state index contributed by atoms with van der Waals surface area (Å²) in [5, 5.41) is 8.37. The van der Waals surface area contributed by atoms with Crippen molar-refractivity contribution in [2.24, 2.45) is 0 Å². The average molecular weight is 499 g/mol. The summed E-state index contributed by atoms with van der Waals surface area (Å²) in [5.74, 6) is 0.500. The molecule has 8 nitrogen and oxygen atoms in total. The van der Waals surface area contributed by atoms with Gasteiger partial charge in [-0.1, -0.05) is 36.0 Å².